The molecule has 4 aromatic carbocycles. The summed E-state index contributed by atoms with van der Waals surface area (Å²) in [6.45, 7) is 4.19. The Hall–Kier alpha value is -4.78. The largest absolute Gasteiger partial charge is 0.322 e. The molecule has 1 aromatic heterocycles. The van der Waals surface area contributed by atoms with Crippen LogP contribution in [0.3, 0.4) is 0 Å². The molecule has 0 aliphatic heterocycles. The Morgan fingerprint density at radius 1 is 0.949 bits per heavy atom. The van der Waals surface area contributed by atoms with Crippen LogP contribution in [0.25, 0.3) is 16.6 Å². The number of aromatic nitrogens is 2. The number of amides is 2. The van der Waals surface area contributed by atoms with Gasteiger partial charge in [-0.15, -0.1) is 0 Å². The van der Waals surface area contributed by atoms with Crippen molar-refractivity contribution in [1.29, 1.82) is 0 Å². The number of nitrogens with zero attached hydrogens (tertiary/aromatic N) is 3. The first-order valence-corrected chi connectivity index (χ1v) is 12.9. The zero-order chi connectivity index (χ0) is 27.4. The number of hydrogen-bond acceptors (Lipinski definition) is 3. The van der Waals surface area contributed by atoms with Crippen molar-refractivity contribution in [2.75, 3.05) is 5.32 Å². The van der Waals surface area contributed by atoms with Crippen LogP contribution in [-0.2, 0) is 6.54 Å². The van der Waals surface area contributed by atoms with Crippen LogP contribution in [0.5, 0.6) is 0 Å². The van der Waals surface area contributed by atoms with E-state index in [1.165, 1.54) is 12.1 Å². The minimum absolute atomic E-state index is 0.204. The Kier molecular flexibility index (Phi) is 7.50. The Labute approximate surface area is 226 Å². The molecule has 0 bridgehead atoms. The molecule has 1 atom stereocenters. The fraction of sp³-hybridized carbons (Fsp3) is 0.156. The molecule has 0 fully saturated rings. The quantitative estimate of drug-likeness (QED) is 0.251. The van der Waals surface area contributed by atoms with Gasteiger partial charge in [-0.3, -0.25) is 9.36 Å². The second-order valence-electron chi connectivity index (χ2n) is 9.44. The van der Waals surface area contributed by atoms with E-state index in [0.717, 1.165) is 11.1 Å². The topological polar surface area (TPSA) is 67.2 Å². The number of carbonyl (C=O) groups excluding carboxylic acids is 1. The Balaban J connectivity index is 1.68. The zero-order valence-electron chi connectivity index (χ0n) is 21.8. The third-order valence-electron chi connectivity index (χ3n) is 6.65. The maximum absolute atomic E-state index is 13.9. The molecule has 0 aliphatic rings. The van der Waals surface area contributed by atoms with Crippen molar-refractivity contribution in [2.45, 2.75) is 32.9 Å². The standard InChI is InChI=1S/C32H29FN4O2/c1-3-29(36(21-23-12-5-4-6-13-23)32(39)34-25-15-10-14-24(33)20-25)30-35-28-18-8-7-17-27(28)31(38)37(30)26-16-9-11-22(2)19-26/h4-20,29H,3,21H2,1-2H3,(H,34,39). The highest BCUT2D eigenvalue weighted by Crippen LogP contribution is 2.29. The zero-order valence-corrected chi connectivity index (χ0v) is 21.8. The van der Waals surface area contributed by atoms with Crippen LogP contribution in [-0.4, -0.2) is 20.5 Å². The van der Waals surface area contributed by atoms with E-state index in [1.807, 2.05) is 86.6 Å². The predicted molar refractivity (Wildman–Crippen MR) is 153 cm³/mol. The minimum atomic E-state index is -0.573. The van der Waals surface area contributed by atoms with Crippen molar-refractivity contribution >= 4 is 22.6 Å². The number of rotatable bonds is 7. The second-order valence-corrected chi connectivity index (χ2v) is 9.44. The molecule has 1 unspecified atom stereocenters. The molecule has 0 saturated heterocycles. The summed E-state index contributed by atoms with van der Waals surface area (Å²) in [5.74, 6) is 0.0102. The van der Waals surface area contributed by atoms with E-state index < -0.39 is 17.9 Å². The van der Waals surface area contributed by atoms with E-state index in [4.69, 9.17) is 4.98 Å². The van der Waals surface area contributed by atoms with Crippen LogP contribution in [0, 0.1) is 12.7 Å². The number of nitrogens with one attached hydrogen (secondary N) is 1. The van der Waals surface area contributed by atoms with Crippen molar-refractivity contribution in [3.63, 3.8) is 0 Å². The molecular formula is C32H29FN4O2. The summed E-state index contributed by atoms with van der Waals surface area (Å²) in [4.78, 5) is 34.4. The van der Waals surface area contributed by atoms with Gasteiger partial charge < -0.3 is 10.2 Å². The van der Waals surface area contributed by atoms with Gasteiger partial charge in [0, 0.05) is 12.2 Å². The monoisotopic (exact) mass is 520 g/mol. The third kappa shape index (κ3) is 5.57. The summed E-state index contributed by atoms with van der Waals surface area (Å²) in [6.07, 6.45) is 0.486. The summed E-state index contributed by atoms with van der Waals surface area (Å²) < 4.78 is 15.5. The van der Waals surface area contributed by atoms with Gasteiger partial charge in [-0.05, 0) is 66.9 Å². The molecule has 1 N–H and O–H groups in total. The number of urea groups is 1. The first-order valence-electron chi connectivity index (χ1n) is 12.9. The fourth-order valence-electron chi connectivity index (χ4n) is 4.80. The molecular weight excluding hydrogens is 491 g/mol. The van der Waals surface area contributed by atoms with Gasteiger partial charge in [0.2, 0.25) is 0 Å². The van der Waals surface area contributed by atoms with Gasteiger partial charge in [-0.25, -0.2) is 14.2 Å². The lowest BCUT2D eigenvalue weighted by molar-refractivity contribution is 0.177. The summed E-state index contributed by atoms with van der Waals surface area (Å²) in [5, 5.41) is 3.34. The van der Waals surface area contributed by atoms with Gasteiger partial charge in [0.05, 0.1) is 22.6 Å². The van der Waals surface area contributed by atoms with Gasteiger partial charge in [0.1, 0.15) is 11.6 Å². The van der Waals surface area contributed by atoms with E-state index >= 15 is 0 Å². The normalized spacial score (nSPS) is 11.8. The van der Waals surface area contributed by atoms with Crippen LogP contribution in [0.15, 0.2) is 108 Å². The Bertz CT molecular complexity index is 1680. The van der Waals surface area contributed by atoms with Crippen molar-refractivity contribution in [3.05, 3.63) is 136 Å². The number of aryl methyl sites for hydroxylation is 1. The summed E-state index contributed by atoms with van der Waals surface area (Å²) >= 11 is 0. The molecule has 5 aromatic rings. The first kappa shape index (κ1) is 25.9. The van der Waals surface area contributed by atoms with Crippen LogP contribution >= 0.6 is 0 Å². The predicted octanol–water partition coefficient (Wildman–Crippen LogP) is 7.02. The molecule has 0 saturated carbocycles. The highest BCUT2D eigenvalue weighted by molar-refractivity contribution is 5.89. The summed E-state index contributed by atoms with van der Waals surface area (Å²) in [6, 6.07) is 29.3. The van der Waals surface area contributed by atoms with Crippen molar-refractivity contribution in [1.82, 2.24) is 14.5 Å². The molecule has 0 radical (unpaired) electrons. The lowest BCUT2D eigenvalue weighted by Crippen LogP contribution is -2.40. The highest BCUT2D eigenvalue weighted by Gasteiger charge is 2.29. The molecule has 196 valence electrons. The van der Waals surface area contributed by atoms with E-state index in [0.29, 0.717) is 34.5 Å². The number of hydrogen-bond donors (Lipinski definition) is 1. The van der Waals surface area contributed by atoms with Crippen molar-refractivity contribution < 1.29 is 9.18 Å². The molecule has 7 heteroatoms. The third-order valence-corrected chi connectivity index (χ3v) is 6.65. The van der Waals surface area contributed by atoms with Gasteiger partial charge in [-0.2, -0.15) is 0 Å². The molecule has 39 heavy (non-hydrogen) atoms. The van der Waals surface area contributed by atoms with Crippen molar-refractivity contribution in [3.8, 4) is 5.69 Å². The first-order chi connectivity index (χ1) is 18.9. The van der Waals surface area contributed by atoms with Gasteiger partial charge >= 0.3 is 6.03 Å². The van der Waals surface area contributed by atoms with Gasteiger partial charge in [-0.1, -0.05) is 67.6 Å². The second kappa shape index (κ2) is 11.3. The number of fused-ring (bicyclic) bond motifs is 1. The molecule has 0 aliphatic carbocycles. The lowest BCUT2D eigenvalue weighted by Gasteiger charge is -2.32. The van der Waals surface area contributed by atoms with Gasteiger partial charge in [0.15, 0.2) is 0 Å². The molecule has 0 spiro atoms. The molecule has 5 rings (SSSR count). The van der Waals surface area contributed by atoms with E-state index in [9.17, 15) is 14.0 Å². The van der Waals surface area contributed by atoms with Crippen LogP contribution in [0.1, 0.15) is 36.3 Å². The molecule has 1 heterocycles. The van der Waals surface area contributed by atoms with E-state index in [-0.39, 0.29) is 12.1 Å². The average molecular weight is 521 g/mol. The highest BCUT2D eigenvalue weighted by atomic mass is 19.1. The Morgan fingerprint density at radius 2 is 1.69 bits per heavy atom. The van der Waals surface area contributed by atoms with Crippen LogP contribution in [0.2, 0.25) is 0 Å². The summed E-state index contributed by atoms with van der Waals surface area (Å²) in [7, 11) is 0. The number of anilines is 1. The van der Waals surface area contributed by atoms with Gasteiger partial charge in [0.25, 0.3) is 5.56 Å². The maximum atomic E-state index is 13.9. The number of benzene rings is 4. The number of carbonyl (C=O) groups is 1. The number of para-hydroxylation sites is 1. The van der Waals surface area contributed by atoms with E-state index in [1.54, 1.807) is 27.7 Å². The molecule has 2 amide bonds. The van der Waals surface area contributed by atoms with Crippen LogP contribution in [0.4, 0.5) is 14.9 Å². The van der Waals surface area contributed by atoms with Crippen LogP contribution < -0.4 is 10.9 Å². The van der Waals surface area contributed by atoms with E-state index in [2.05, 4.69) is 5.32 Å². The molecule has 6 nitrogen and oxygen atoms in total. The summed E-state index contributed by atoms with van der Waals surface area (Å²) in [5.41, 5.74) is 3.29. The fourth-order valence-corrected chi connectivity index (χ4v) is 4.80. The average Bonchev–Trinajstić information content (AvgIpc) is 2.93. The Morgan fingerprint density at radius 3 is 2.44 bits per heavy atom. The maximum Gasteiger partial charge on any atom is 0.322 e. The smallest absolute Gasteiger partial charge is 0.310 e. The number of halogens is 1. The SMILES string of the molecule is CCC(c1nc2ccccc2c(=O)n1-c1cccc(C)c1)N(Cc1ccccc1)C(=O)Nc1cccc(F)c1. The lowest BCUT2D eigenvalue weighted by atomic mass is 10.1. The minimum Gasteiger partial charge on any atom is -0.310 e. The van der Waals surface area contributed by atoms with Crippen molar-refractivity contribution in [2.24, 2.45) is 0 Å².